The normalized spacial score (nSPS) is 13.9. The van der Waals surface area contributed by atoms with E-state index in [4.69, 9.17) is 5.11 Å². The van der Waals surface area contributed by atoms with Crippen molar-refractivity contribution >= 4 is 9.84 Å². The van der Waals surface area contributed by atoms with Gasteiger partial charge >= 0.3 is 0 Å². The Morgan fingerprint density at radius 2 is 1.79 bits per heavy atom. The van der Waals surface area contributed by atoms with E-state index in [1.807, 2.05) is 0 Å². The third kappa shape index (κ3) is 2.08. The molecule has 0 saturated carbocycles. The van der Waals surface area contributed by atoms with Gasteiger partial charge in [0.05, 0.1) is 4.90 Å². The Morgan fingerprint density at radius 1 is 1.29 bits per heavy atom. The molecular weight excluding hydrogens is 214 g/mol. The molecule has 1 aromatic rings. The Bertz CT molecular complexity index is 399. The number of aliphatic hydroxyl groups excluding tert-OH is 1. The quantitative estimate of drug-likeness (QED) is 0.772. The molecule has 1 aromatic carbocycles. The molecule has 0 aliphatic carbocycles. The summed E-state index contributed by atoms with van der Waals surface area (Å²) in [6, 6.07) is 3.81. The minimum Gasteiger partial charge on any atom is -0.375 e. The van der Waals surface area contributed by atoms with Gasteiger partial charge in [0.25, 0.3) is 0 Å². The number of sulfone groups is 1. The first-order valence-corrected chi connectivity index (χ1v) is 5.26. The fourth-order valence-corrected chi connectivity index (χ4v) is 1.86. The van der Waals surface area contributed by atoms with Crippen molar-refractivity contribution in [3.63, 3.8) is 0 Å². The number of halogens is 2. The third-order valence-corrected chi connectivity index (χ3v) is 3.40. The van der Waals surface area contributed by atoms with E-state index in [1.54, 1.807) is 0 Å². The van der Waals surface area contributed by atoms with Gasteiger partial charge in [0.15, 0.2) is 5.44 Å². The molecule has 14 heavy (non-hydrogen) atoms. The highest BCUT2D eigenvalue weighted by atomic mass is 32.2. The molecule has 0 spiro atoms. The van der Waals surface area contributed by atoms with Crippen LogP contribution in [0.2, 0.25) is 0 Å². The van der Waals surface area contributed by atoms with Crippen LogP contribution in [0.4, 0.5) is 8.78 Å². The second-order valence-electron chi connectivity index (χ2n) is 2.61. The molecule has 0 heterocycles. The van der Waals surface area contributed by atoms with Crippen LogP contribution < -0.4 is 0 Å². The first kappa shape index (κ1) is 11.1. The van der Waals surface area contributed by atoms with Crippen LogP contribution in [0.5, 0.6) is 0 Å². The molecule has 1 atom stereocenters. The molecule has 0 aromatic heterocycles. The van der Waals surface area contributed by atoms with Gasteiger partial charge in [-0.15, -0.1) is 0 Å². The summed E-state index contributed by atoms with van der Waals surface area (Å²) < 4.78 is 46.9. The number of aliphatic hydroxyl groups is 1. The van der Waals surface area contributed by atoms with E-state index in [0.717, 1.165) is 24.3 Å². The largest absolute Gasteiger partial charge is 0.375 e. The summed E-state index contributed by atoms with van der Waals surface area (Å²) in [5, 5.41) is 8.85. The maximum atomic E-state index is 12.4. The van der Waals surface area contributed by atoms with E-state index in [9.17, 15) is 17.2 Å². The van der Waals surface area contributed by atoms with Crippen LogP contribution in [0, 0.1) is 5.82 Å². The molecular formula is C8H8F2O3S. The van der Waals surface area contributed by atoms with Gasteiger partial charge in [0.1, 0.15) is 12.5 Å². The predicted molar refractivity (Wildman–Crippen MR) is 45.6 cm³/mol. The average molecular weight is 222 g/mol. The molecule has 78 valence electrons. The zero-order valence-electron chi connectivity index (χ0n) is 7.02. The summed E-state index contributed by atoms with van der Waals surface area (Å²) in [7, 11) is -4.09. The van der Waals surface area contributed by atoms with Gasteiger partial charge in [0, 0.05) is 0 Å². The molecule has 3 nitrogen and oxygen atoms in total. The van der Waals surface area contributed by atoms with Crippen molar-refractivity contribution in [1.82, 2.24) is 0 Å². The van der Waals surface area contributed by atoms with Gasteiger partial charge in [-0.1, -0.05) is 0 Å². The first-order chi connectivity index (χ1) is 6.48. The average Bonchev–Trinajstić information content (AvgIpc) is 2.17. The highest BCUT2D eigenvalue weighted by Gasteiger charge is 2.24. The highest BCUT2D eigenvalue weighted by molar-refractivity contribution is 7.91. The number of alkyl halides is 1. The molecule has 1 N–H and O–H groups in total. The van der Waals surface area contributed by atoms with E-state index >= 15 is 0 Å². The smallest absolute Gasteiger partial charge is 0.207 e. The number of rotatable bonds is 3. The summed E-state index contributed by atoms with van der Waals surface area (Å²) in [6.07, 6.45) is 0. The van der Waals surface area contributed by atoms with Crippen molar-refractivity contribution < 1.29 is 22.3 Å². The lowest BCUT2D eigenvalue weighted by Crippen LogP contribution is -2.22. The van der Waals surface area contributed by atoms with Crippen LogP contribution >= 0.6 is 0 Å². The SMILES string of the molecule is O=S(=O)(c1ccc(F)cc1)[C@H](O)CF. The van der Waals surface area contributed by atoms with Gasteiger partial charge in [-0.2, -0.15) is 0 Å². The molecule has 0 amide bonds. The van der Waals surface area contributed by atoms with Crippen LogP contribution in [-0.4, -0.2) is 25.6 Å². The monoisotopic (exact) mass is 222 g/mol. The Labute approximate surface area is 79.9 Å². The molecule has 6 heteroatoms. The molecule has 0 bridgehead atoms. The van der Waals surface area contributed by atoms with Crippen molar-refractivity contribution in [2.75, 3.05) is 6.67 Å². The van der Waals surface area contributed by atoms with E-state index in [2.05, 4.69) is 0 Å². The second kappa shape index (κ2) is 4.02. The minimum absolute atomic E-state index is 0.302. The number of hydrogen-bond donors (Lipinski definition) is 1. The van der Waals surface area contributed by atoms with E-state index < -0.39 is 27.8 Å². The maximum Gasteiger partial charge on any atom is 0.207 e. The fraction of sp³-hybridized carbons (Fsp3) is 0.250. The Kier molecular flexibility index (Phi) is 3.17. The fourth-order valence-electron chi connectivity index (χ4n) is 0.864. The standard InChI is InChI=1S/C8H8F2O3S/c9-5-8(11)14(12,13)7-3-1-6(10)2-4-7/h1-4,8,11H,5H2/t8-/m0/s1. The Hall–Kier alpha value is -1.01. The van der Waals surface area contributed by atoms with Gasteiger partial charge in [0.2, 0.25) is 9.84 Å². The van der Waals surface area contributed by atoms with Crippen molar-refractivity contribution in [3.05, 3.63) is 30.1 Å². The van der Waals surface area contributed by atoms with Gasteiger partial charge in [-0.25, -0.2) is 17.2 Å². The number of hydrogen-bond acceptors (Lipinski definition) is 3. The highest BCUT2D eigenvalue weighted by Crippen LogP contribution is 2.15. The Morgan fingerprint density at radius 3 is 2.21 bits per heavy atom. The van der Waals surface area contributed by atoms with Crippen LogP contribution in [0.25, 0.3) is 0 Å². The van der Waals surface area contributed by atoms with Crippen LogP contribution in [0.3, 0.4) is 0 Å². The topological polar surface area (TPSA) is 54.4 Å². The molecule has 0 radical (unpaired) electrons. The summed E-state index contributed by atoms with van der Waals surface area (Å²) in [6.45, 7) is -1.39. The van der Waals surface area contributed by atoms with Crippen LogP contribution in [0.1, 0.15) is 0 Å². The molecule has 1 rings (SSSR count). The number of benzene rings is 1. The summed E-state index contributed by atoms with van der Waals surface area (Å²) in [5.41, 5.74) is -2.09. The van der Waals surface area contributed by atoms with Crippen molar-refractivity contribution in [3.8, 4) is 0 Å². The van der Waals surface area contributed by atoms with Crippen LogP contribution in [-0.2, 0) is 9.84 Å². The van der Waals surface area contributed by atoms with Gasteiger partial charge < -0.3 is 5.11 Å². The second-order valence-corrected chi connectivity index (χ2v) is 4.71. The van der Waals surface area contributed by atoms with Crippen molar-refractivity contribution in [1.29, 1.82) is 0 Å². The zero-order chi connectivity index (χ0) is 10.8. The van der Waals surface area contributed by atoms with Crippen LogP contribution in [0.15, 0.2) is 29.2 Å². The molecule has 0 unspecified atom stereocenters. The van der Waals surface area contributed by atoms with E-state index in [0.29, 0.717) is 0 Å². The third-order valence-electron chi connectivity index (χ3n) is 1.63. The minimum atomic E-state index is -4.09. The van der Waals surface area contributed by atoms with Crippen molar-refractivity contribution in [2.24, 2.45) is 0 Å². The first-order valence-electron chi connectivity index (χ1n) is 3.72. The Balaban J connectivity index is 3.11. The van der Waals surface area contributed by atoms with Crippen molar-refractivity contribution in [2.45, 2.75) is 10.3 Å². The lowest BCUT2D eigenvalue weighted by Gasteiger charge is -2.07. The summed E-state index contributed by atoms with van der Waals surface area (Å²) in [5.74, 6) is -0.598. The lowest BCUT2D eigenvalue weighted by atomic mass is 10.4. The molecule has 0 saturated heterocycles. The maximum absolute atomic E-state index is 12.4. The molecule has 0 aliphatic rings. The van der Waals surface area contributed by atoms with E-state index in [-0.39, 0.29) is 4.90 Å². The van der Waals surface area contributed by atoms with E-state index in [1.165, 1.54) is 0 Å². The molecule has 0 aliphatic heterocycles. The lowest BCUT2D eigenvalue weighted by molar-refractivity contribution is 0.208. The van der Waals surface area contributed by atoms with Gasteiger partial charge in [-0.3, -0.25) is 0 Å². The summed E-state index contributed by atoms with van der Waals surface area (Å²) in [4.78, 5) is -0.302. The molecule has 0 fully saturated rings. The zero-order valence-corrected chi connectivity index (χ0v) is 7.84. The predicted octanol–water partition coefficient (Wildman–Crippen LogP) is 0.887. The summed E-state index contributed by atoms with van der Waals surface area (Å²) >= 11 is 0. The van der Waals surface area contributed by atoms with Gasteiger partial charge in [-0.05, 0) is 24.3 Å².